The molecule has 4 aliphatic carbocycles. The number of rotatable bonds is 1. The highest BCUT2D eigenvalue weighted by atomic mass is 16.3. The zero-order valence-electron chi connectivity index (χ0n) is 19.3. The molecular formula is C29H34O2. The first-order valence-electron chi connectivity index (χ1n) is 12.0. The fourth-order valence-corrected chi connectivity index (χ4v) is 7.36. The molecular weight excluding hydrogens is 380 g/mol. The van der Waals surface area contributed by atoms with Crippen molar-refractivity contribution in [2.75, 3.05) is 0 Å². The van der Waals surface area contributed by atoms with Crippen LogP contribution in [0.25, 0.3) is 0 Å². The molecule has 0 unspecified atom stereocenters. The Balaban J connectivity index is 1.71. The van der Waals surface area contributed by atoms with E-state index in [2.05, 4.69) is 50.8 Å². The van der Waals surface area contributed by atoms with Gasteiger partial charge in [-0.05, 0) is 105 Å². The number of carbonyl (C=O) groups is 1. The lowest BCUT2D eigenvalue weighted by atomic mass is 9.51. The van der Waals surface area contributed by atoms with E-state index >= 15 is 0 Å². The molecule has 0 spiro atoms. The molecule has 2 nitrogen and oxygen atoms in total. The Labute approximate surface area is 186 Å². The molecule has 31 heavy (non-hydrogen) atoms. The smallest absolute Gasteiger partial charge is 0.156 e. The molecule has 4 aliphatic rings. The van der Waals surface area contributed by atoms with Gasteiger partial charge in [0.25, 0.3) is 0 Å². The van der Waals surface area contributed by atoms with Gasteiger partial charge in [0.2, 0.25) is 0 Å². The molecule has 5 atom stereocenters. The lowest BCUT2D eigenvalue weighted by Crippen LogP contribution is -2.51. The van der Waals surface area contributed by atoms with E-state index in [1.807, 2.05) is 13.0 Å². The van der Waals surface area contributed by atoms with Crippen LogP contribution in [-0.2, 0) is 4.79 Å². The summed E-state index contributed by atoms with van der Waals surface area (Å²) >= 11 is 0. The normalized spacial score (nSPS) is 36.7. The molecule has 1 aromatic carbocycles. The van der Waals surface area contributed by atoms with Gasteiger partial charge in [0.05, 0.1) is 0 Å². The van der Waals surface area contributed by atoms with E-state index in [4.69, 9.17) is 0 Å². The van der Waals surface area contributed by atoms with Crippen LogP contribution in [0.4, 0.5) is 0 Å². The molecule has 0 aliphatic heterocycles. The van der Waals surface area contributed by atoms with Crippen LogP contribution in [0.3, 0.4) is 0 Å². The first-order valence-corrected chi connectivity index (χ1v) is 12.0. The van der Waals surface area contributed by atoms with Crippen molar-refractivity contribution in [2.45, 2.75) is 84.2 Å². The Morgan fingerprint density at radius 1 is 1.10 bits per heavy atom. The molecule has 1 N–H and O–H groups in total. The Morgan fingerprint density at radius 2 is 1.90 bits per heavy atom. The van der Waals surface area contributed by atoms with Crippen LogP contribution in [0.15, 0.2) is 41.0 Å². The van der Waals surface area contributed by atoms with E-state index < -0.39 is 5.60 Å². The van der Waals surface area contributed by atoms with Gasteiger partial charge in [0.1, 0.15) is 5.60 Å². The zero-order chi connectivity index (χ0) is 22.0. The van der Waals surface area contributed by atoms with E-state index in [9.17, 15) is 9.90 Å². The summed E-state index contributed by atoms with van der Waals surface area (Å²) in [7, 11) is 0. The van der Waals surface area contributed by atoms with Gasteiger partial charge in [0, 0.05) is 17.8 Å². The van der Waals surface area contributed by atoms with Gasteiger partial charge in [-0.15, -0.1) is 5.92 Å². The molecule has 162 valence electrons. The van der Waals surface area contributed by atoms with Crippen molar-refractivity contribution in [1.29, 1.82) is 0 Å². The van der Waals surface area contributed by atoms with E-state index in [-0.39, 0.29) is 11.2 Å². The minimum atomic E-state index is -0.904. The summed E-state index contributed by atoms with van der Waals surface area (Å²) in [6.45, 7) is 8.52. The van der Waals surface area contributed by atoms with Crippen LogP contribution in [0.2, 0.25) is 0 Å². The summed E-state index contributed by atoms with van der Waals surface area (Å²) in [6.07, 6.45) is 8.30. The van der Waals surface area contributed by atoms with E-state index in [1.54, 1.807) is 5.57 Å². The summed E-state index contributed by atoms with van der Waals surface area (Å²) in [5.74, 6) is 7.81. The maximum absolute atomic E-state index is 12.2. The summed E-state index contributed by atoms with van der Waals surface area (Å²) in [6, 6.07) is 6.91. The zero-order valence-corrected chi connectivity index (χ0v) is 19.3. The van der Waals surface area contributed by atoms with Crippen LogP contribution in [0, 0.1) is 42.9 Å². The third-order valence-corrected chi connectivity index (χ3v) is 9.15. The minimum absolute atomic E-state index is 0.208. The monoisotopic (exact) mass is 414 g/mol. The second-order valence-corrected chi connectivity index (χ2v) is 10.6. The summed E-state index contributed by atoms with van der Waals surface area (Å²) in [4.78, 5) is 12.2. The molecule has 0 radical (unpaired) electrons. The Bertz CT molecular complexity index is 1080. The fraction of sp³-hybridized carbons (Fsp3) is 0.552. The third kappa shape index (κ3) is 3.00. The first-order chi connectivity index (χ1) is 14.8. The van der Waals surface area contributed by atoms with E-state index in [1.165, 1.54) is 27.8 Å². The number of aliphatic hydroxyl groups is 1. The molecule has 2 saturated carbocycles. The van der Waals surface area contributed by atoms with Gasteiger partial charge >= 0.3 is 0 Å². The number of allylic oxidation sites excluding steroid dienone is 4. The second kappa shape index (κ2) is 7.21. The predicted molar refractivity (Wildman–Crippen MR) is 125 cm³/mol. The van der Waals surface area contributed by atoms with Crippen LogP contribution in [0.5, 0.6) is 0 Å². The van der Waals surface area contributed by atoms with Crippen molar-refractivity contribution in [3.05, 3.63) is 57.7 Å². The molecule has 0 bridgehead atoms. The minimum Gasteiger partial charge on any atom is -0.377 e. The van der Waals surface area contributed by atoms with Crippen molar-refractivity contribution in [3.63, 3.8) is 0 Å². The third-order valence-electron chi connectivity index (χ3n) is 9.15. The second-order valence-electron chi connectivity index (χ2n) is 10.6. The van der Waals surface area contributed by atoms with Gasteiger partial charge in [-0.3, -0.25) is 4.79 Å². The standard InChI is InChI=1S/C29H34O2/c1-5-13-29(31)14-12-26-24-10-8-21-16-22(30)9-11-23(21)27(24)25(17-28(26,29)4)20-7-6-18(2)19(3)15-20/h6-7,15-16,24-26,31H,8-12,14,17H2,1-4H3/t24-,25+,26-,28-,29-/m0/s1. The highest BCUT2D eigenvalue weighted by Gasteiger charge is 2.62. The number of aryl methyl sites for hydroxylation is 2. The van der Waals surface area contributed by atoms with Crippen molar-refractivity contribution >= 4 is 5.78 Å². The highest BCUT2D eigenvalue weighted by Crippen LogP contribution is 2.66. The molecule has 1 aromatic rings. The molecule has 5 rings (SSSR count). The summed E-state index contributed by atoms with van der Waals surface area (Å²) < 4.78 is 0. The van der Waals surface area contributed by atoms with Crippen LogP contribution in [0.1, 0.15) is 81.4 Å². The Kier molecular flexibility index (Phi) is 4.83. The average Bonchev–Trinajstić information content (AvgIpc) is 3.00. The number of hydrogen-bond donors (Lipinski definition) is 1. The topological polar surface area (TPSA) is 37.3 Å². The van der Waals surface area contributed by atoms with Gasteiger partial charge in [-0.2, -0.15) is 0 Å². The van der Waals surface area contributed by atoms with Crippen molar-refractivity contribution in [3.8, 4) is 11.8 Å². The largest absolute Gasteiger partial charge is 0.377 e. The van der Waals surface area contributed by atoms with E-state index in [0.29, 0.717) is 24.2 Å². The summed E-state index contributed by atoms with van der Waals surface area (Å²) in [5.41, 5.74) is 7.25. The van der Waals surface area contributed by atoms with Crippen LogP contribution < -0.4 is 0 Å². The quantitative estimate of drug-likeness (QED) is 0.576. The number of hydrogen-bond acceptors (Lipinski definition) is 2. The predicted octanol–water partition coefficient (Wildman–Crippen LogP) is 5.96. The average molecular weight is 415 g/mol. The Hall–Kier alpha value is -2.11. The molecule has 0 amide bonds. The number of fused-ring (bicyclic) bond motifs is 4. The van der Waals surface area contributed by atoms with Crippen LogP contribution in [-0.4, -0.2) is 16.5 Å². The molecule has 0 heterocycles. The molecule has 0 saturated heterocycles. The van der Waals surface area contributed by atoms with Gasteiger partial charge < -0.3 is 5.11 Å². The lowest BCUT2D eigenvalue weighted by Gasteiger charge is -2.53. The maximum Gasteiger partial charge on any atom is 0.156 e. The van der Waals surface area contributed by atoms with Gasteiger partial charge in [-0.1, -0.05) is 36.6 Å². The van der Waals surface area contributed by atoms with Crippen molar-refractivity contribution in [1.82, 2.24) is 0 Å². The first kappa shape index (κ1) is 20.8. The van der Waals surface area contributed by atoms with Crippen molar-refractivity contribution < 1.29 is 9.90 Å². The maximum atomic E-state index is 12.2. The van der Waals surface area contributed by atoms with Crippen molar-refractivity contribution in [2.24, 2.45) is 17.3 Å². The van der Waals surface area contributed by atoms with Gasteiger partial charge in [0.15, 0.2) is 5.78 Å². The number of benzene rings is 1. The number of carbonyl (C=O) groups excluding carboxylic acids is 1. The van der Waals surface area contributed by atoms with E-state index in [0.717, 1.165) is 38.5 Å². The van der Waals surface area contributed by atoms with Crippen LogP contribution >= 0.6 is 0 Å². The Morgan fingerprint density at radius 3 is 2.65 bits per heavy atom. The molecule has 0 aromatic heterocycles. The highest BCUT2D eigenvalue weighted by molar-refractivity contribution is 5.93. The van der Waals surface area contributed by atoms with Gasteiger partial charge in [-0.25, -0.2) is 0 Å². The number of ketones is 1. The molecule has 2 fully saturated rings. The lowest BCUT2D eigenvalue weighted by molar-refractivity contribution is -0.114. The summed E-state index contributed by atoms with van der Waals surface area (Å²) in [5, 5.41) is 11.7. The fourth-order valence-electron chi connectivity index (χ4n) is 7.36. The molecule has 2 heteroatoms. The SMILES string of the molecule is CC#C[C@]1(O)CC[C@H]2[C@@H]3CCC4=CC(=O)CCC4=C3[C@@H](c3ccc(C)c(C)c3)C[C@@]21C.